The number of carbonyl (C=O) groups is 2. The fourth-order valence-corrected chi connectivity index (χ4v) is 1.40. The number of hydroxylamine groups is 2. The van der Waals surface area contributed by atoms with Gasteiger partial charge in [-0.05, 0) is 0 Å². The van der Waals surface area contributed by atoms with Gasteiger partial charge in [-0.25, -0.2) is 4.79 Å². The molecule has 2 rings (SSSR count). The Bertz CT molecular complexity index is 240. The molecule has 1 amide bonds. The summed E-state index contributed by atoms with van der Waals surface area (Å²) in [6.45, 7) is 0.130. The van der Waals surface area contributed by atoms with E-state index in [1.54, 1.807) is 0 Å². The molecule has 2 heterocycles. The van der Waals surface area contributed by atoms with Crippen molar-refractivity contribution in [2.45, 2.75) is 12.1 Å². The zero-order valence-corrected chi connectivity index (χ0v) is 6.10. The average Bonchev–Trinajstić information content (AvgIpc) is 2.53. The molecule has 2 atom stereocenters. The van der Waals surface area contributed by atoms with Crippen LogP contribution in [0.4, 0.5) is 4.79 Å². The van der Waals surface area contributed by atoms with Crippen LogP contribution in [0, 0.1) is 0 Å². The second-order valence-corrected chi connectivity index (χ2v) is 2.66. The summed E-state index contributed by atoms with van der Waals surface area (Å²) in [5.74, 6) is -0.236. The molecule has 2 aliphatic heterocycles. The number of rotatable bonds is 0. The van der Waals surface area contributed by atoms with E-state index in [4.69, 9.17) is 14.7 Å². The molecule has 0 aromatic carbocycles. The van der Waals surface area contributed by atoms with Gasteiger partial charge in [-0.1, -0.05) is 0 Å². The first-order valence-electron chi connectivity index (χ1n) is 3.49. The summed E-state index contributed by atoms with van der Waals surface area (Å²) in [4.78, 5) is 26.3. The maximum Gasteiger partial charge on any atom is 0.432 e. The smallest absolute Gasteiger partial charge is 0.432 e. The number of ketones is 1. The van der Waals surface area contributed by atoms with Gasteiger partial charge in [-0.3, -0.25) is 9.63 Å². The predicted molar refractivity (Wildman–Crippen MR) is 34.4 cm³/mol. The number of nitrogens with zero attached hydrogens (tertiary/aromatic N) is 1. The molecule has 0 unspecified atom stereocenters. The summed E-state index contributed by atoms with van der Waals surface area (Å²) >= 11 is 0. The van der Waals surface area contributed by atoms with E-state index in [1.165, 1.54) is 0 Å². The Kier molecular flexibility index (Phi) is 1.52. The van der Waals surface area contributed by atoms with E-state index in [2.05, 4.69) is 0 Å². The van der Waals surface area contributed by atoms with Crippen molar-refractivity contribution in [3.63, 3.8) is 0 Å². The topological polar surface area (TPSA) is 76.1 Å². The Labute approximate surface area is 67.6 Å². The molecule has 2 fully saturated rings. The Morgan fingerprint density at radius 2 is 2.42 bits per heavy atom. The third kappa shape index (κ3) is 0.886. The Morgan fingerprint density at radius 3 is 3.08 bits per heavy atom. The molecule has 12 heavy (non-hydrogen) atoms. The van der Waals surface area contributed by atoms with Gasteiger partial charge in [0.05, 0.1) is 0 Å². The van der Waals surface area contributed by atoms with Crippen LogP contribution in [0.15, 0.2) is 0 Å². The minimum Gasteiger partial charge on any atom is -0.463 e. The maximum atomic E-state index is 11.1. The van der Waals surface area contributed by atoms with Crippen molar-refractivity contribution in [3.8, 4) is 0 Å². The van der Waals surface area contributed by atoms with Crippen molar-refractivity contribution in [2.24, 2.45) is 0 Å². The van der Waals surface area contributed by atoms with Crippen molar-refractivity contribution in [2.75, 3.05) is 13.2 Å². The second-order valence-electron chi connectivity index (χ2n) is 2.66. The van der Waals surface area contributed by atoms with Gasteiger partial charge in [-0.15, -0.1) is 0 Å². The van der Waals surface area contributed by atoms with Gasteiger partial charge < -0.3 is 9.84 Å². The summed E-state index contributed by atoms with van der Waals surface area (Å²) in [6, 6.07) is -0.748. The van der Waals surface area contributed by atoms with Crippen molar-refractivity contribution in [1.82, 2.24) is 5.06 Å². The van der Waals surface area contributed by atoms with Gasteiger partial charge in [-0.2, -0.15) is 5.06 Å². The van der Waals surface area contributed by atoms with Crippen LogP contribution in [0.1, 0.15) is 0 Å². The molecule has 0 saturated carbocycles. The van der Waals surface area contributed by atoms with E-state index < -0.39 is 18.2 Å². The second kappa shape index (κ2) is 2.43. The van der Waals surface area contributed by atoms with E-state index >= 15 is 0 Å². The number of carbonyl (C=O) groups excluding carboxylic acids is 1. The molecule has 0 aromatic rings. The molecule has 66 valence electrons. The number of hydrogen-bond acceptors (Lipinski definition) is 4. The monoisotopic (exact) mass is 173 g/mol. The first-order chi connectivity index (χ1) is 5.70. The predicted octanol–water partition coefficient (Wildman–Crippen LogP) is -0.752. The summed E-state index contributed by atoms with van der Waals surface area (Å²) in [5.41, 5.74) is 0. The molecule has 2 saturated heterocycles. The molecule has 0 radical (unpaired) electrons. The molecule has 6 heteroatoms. The average molecular weight is 173 g/mol. The molecule has 6 nitrogen and oxygen atoms in total. The summed E-state index contributed by atoms with van der Waals surface area (Å²) in [5, 5.41) is 9.24. The number of Topliss-reactive ketones (excluding diaryl/α,β-unsaturated/α-hetero) is 1. The van der Waals surface area contributed by atoms with Crippen molar-refractivity contribution < 1.29 is 24.3 Å². The van der Waals surface area contributed by atoms with Crippen LogP contribution in [0.25, 0.3) is 0 Å². The fourth-order valence-electron chi connectivity index (χ4n) is 1.40. The highest BCUT2D eigenvalue weighted by Gasteiger charge is 2.48. The van der Waals surface area contributed by atoms with E-state index in [-0.39, 0.29) is 19.0 Å². The highest BCUT2D eigenvalue weighted by atomic mass is 16.7. The first kappa shape index (κ1) is 7.51. The Morgan fingerprint density at radius 1 is 1.67 bits per heavy atom. The zero-order valence-electron chi connectivity index (χ0n) is 6.10. The molecular formula is C6H7NO5. The summed E-state index contributed by atoms with van der Waals surface area (Å²) < 4.78 is 4.99. The first-order valence-corrected chi connectivity index (χ1v) is 3.49. The van der Waals surface area contributed by atoms with Gasteiger partial charge in [0.2, 0.25) is 0 Å². The lowest BCUT2D eigenvalue weighted by Gasteiger charge is -2.14. The minimum atomic E-state index is -1.25. The quantitative estimate of drug-likeness (QED) is 0.521. The summed E-state index contributed by atoms with van der Waals surface area (Å²) in [6.07, 6.45) is -1.66. The molecule has 1 N–H and O–H groups in total. The third-order valence-electron chi connectivity index (χ3n) is 1.94. The zero-order chi connectivity index (χ0) is 8.72. The van der Waals surface area contributed by atoms with Crippen molar-refractivity contribution >= 4 is 11.9 Å². The van der Waals surface area contributed by atoms with E-state index in [9.17, 15) is 9.59 Å². The van der Waals surface area contributed by atoms with Crippen LogP contribution in [-0.4, -0.2) is 47.4 Å². The van der Waals surface area contributed by atoms with Gasteiger partial charge in [0.15, 0.2) is 11.8 Å². The Balaban J connectivity index is 2.19. The van der Waals surface area contributed by atoms with Crippen molar-refractivity contribution in [1.29, 1.82) is 0 Å². The van der Waals surface area contributed by atoms with Crippen LogP contribution in [-0.2, 0) is 14.4 Å². The molecule has 0 spiro atoms. The number of carboxylic acid groups (broad SMARTS) is 1. The van der Waals surface area contributed by atoms with E-state index in [1.807, 2.05) is 0 Å². The molecule has 0 aliphatic carbocycles. The minimum absolute atomic E-state index is 0.0114. The number of hydrogen-bond donors (Lipinski definition) is 1. The summed E-state index contributed by atoms with van der Waals surface area (Å²) in [7, 11) is 0. The van der Waals surface area contributed by atoms with Gasteiger partial charge >= 0.3 is 6.09 Å². The van der Waals surface area contributed by atoms with Gasteiger partial charge in [0.25, 0.3) is 0 Å². The number of amides is 1. The number of ether oxygens (including phenoxy) is 1. The van der Waals surface area contributed by atoms with Crippen LogP contribution in [0.5, 0.6) is 0 Å². The highest BCUT2D eigenvalue weighted by Crippen LogP contribution is 2.24. The van der Waals surface area contributed by atoms with Crippen LogP contribution in [0.3, 0.4) is 0 Å². The lowest BCUT2D eigenvalue weighted by molar-refractivity contribution is -0.139. The van der Waals surface area contributed by atoms with Crippen LogP contribution < -0.4 is 0 Å². The van der Waals surface area contributed by atoms with Gasteiger partial charge in [0.1, 0.15) is 19.3 Å². The standard InChI is InChI=1S/C6H7NO5/c8-3-1-11-4-2-12-7(5(3)4)6(9)10/h4-5H,1-2H2,(H,9,10)/t4-,5-/m1/s1. The third-order valence-corrected chi connectivity index (χ3v) is 1.94. The van der Waals surface area contributed by atoms with Crippen molar-refractivity contribution in [3.05, 3.63) is 0 Å². The lowest BCUT2D eigenvalue weighted by Crippen LogP contribution is -2.40. The van der Waals surface area contributed by atoms with Crippen LogP contribution >= 0.6 is 0 Å². The maximum absolute atomic E-state index is 11.1. The van der Waals surface area contributed by atoms with E-state index in [0.717, 1.165) is 0 Å². The highest BCUT2D eigenvalue weighted by molar-refractivity contribution is 5.90. The fraction of sp³-hybridized carbons (Fsp3) is 0.667. The normalized spacial score (nSPS) is 34.0. The lowest BCUT2D eigenvalue weighted by atomic mass is 10.1. The molecule has 0 bridgehead atoms. The number of fused-ring (bicyclic) bond motifs is 1. The molecule has 0 aromatic heterocycles. The Hall–Kier alpha value is -1.14. The van der Waals surface area contributed by atoms with E-state index in [0.29, 0.717) is 5.06 Å². The van der Waals surface area contributed by atoms with Crippen LogP contribution in [0.2, 0.25) is 0 Å². The van der Waals surface area contributed by atoms with Gasteiger partial charge in [0, 0.05) is 0 Å². The molecule has 2 aliphatic rings. The largest absolute Gasteiger partial charge is 0.463 e. The SMILES string of the molecule is O=C1CO[C@@H]2CON(C(=O)O)[C@H]12. The molecular weight excluding hydrogens is 166 g/mol.